The molecule has 1 aliphatic rings. The largest absolute Gasteiger partial charge is 0.484 e. The summed E-state index contributed by atoms with van der Waals surface area (Å²) in [5.74, 6) is 0.888. The lowest BCUT2D eigenvalue weighted by molar-refractivity contribution is 0.0760. The lowest BCUT2D eigenvalue weighted by Crippen LogP contribution is -2.34. The smallest absolute Gasteiger partial charge is 0.132 e. The maximum Gasteiger partial charge on any atom is 0.132 e. The van der Waals surface area contributed by atoms with Crippen molar-refractivity contribution in [2.75, 3.05) is 6.61 Å². The first-order valence-electron chi connectivity index (χ1n) is 7.23. The summed E-state index contributed by atoms with van der Waals surface area (Å²) in [6.45, 7) is 10.9. The van der Waals surface area contributed by atoms with Gasteiger partial charge in [0.2, 0.25) is 0 Å². The zero-order valence-corrected chi connectivity index (χ0v) is 12.9. The maximum absolute atomic E-state index is 6.15. The summed E-state index contributed by atoms with van der Waals surface area (Å²) in [6, 6.07) is 10.0. The third kappa shape index (κ3) is 3.10. The molecule has 0 spiro atoms. The van der Waals surface area contributed by atoms with Crippen molar-refractivity contribution < 1.29 is 9.47 Å². The Morgan fingerprint density at radius 2 is 1.90 bits per heavy atom. The van der Waals surface area contributed by atoms with Gasteiger partial charge in [0.15, 0.2) is 0 Å². The molecular weight excluding hydrogens is 250 g/mol. The van der Waals surface area contributed by atoms with Crippen LogP contribution >= 0.6 is 0 Å². The van der Waals surface area contributed by atoms with Crippen LogP contribution in [-0.4, -0.2) is 23.3 Å². The molecule has 1 unspecified atom stereocenters. The molecule has 0 saturated carbocycles. The highest BCUT2D eigenvalue weighted by atomic mass is 16.6. The molecule has 1 fully saturated rings. The summed E-state index contributed by atoms with van der Waals surface area (Å²) < 4.78 is 11.5. The molecule has 3 nitrogen and oxygen atoms in total. The van der Waals surface area contributed by atoms with E-state index in [2.05, 4.69) is 18.8 Å². The van der Waals surface area contributed by atoms with E-state index < -0.39 is 0 Å². The number of ether oxygens (including phenoxy) is 2. The SMILES string of the molecule is CC.Cc1cc(OC(C)(C)C2CO2)c2ccccc2n1. The monoisotopic (exact) mass is 273 g/mol. The van der Waals surface area contributed by atoms with E-state index in [9.17, 15) is 0 Å². The number of epoxide rings is 1. The van der Waals surface area contributed by atoms with Crippen molar-refractivity contribution in [3.8, 4) is 5.75 Å². The summed E-state index contributed by atoms with van der Waals surface area (Å²) in [4.78, 5) is 4.52. The zero-order valence-electron chi connectivity index (χ0n) is 12.9. The van der Waals surface area contributed by atoms with Crippen LogP contribution in [-0.2, 0) is 4.74 Å². The first-order valence-corrected chi connectivity index (χ1v) is 7.23. The highest BCUT2D eigenvalue weighted by molar-refractivity contribution is 5.85. The van der Waals surface area contributed by atoms with E-state index in [0.717, 1.165) is 29.0 Å². The molecule has 2 heterocycles. The van der Waals surface area contributed by atoms with E-state index in [4.69, 9.17) is 9.47 Å². The molecule has 3 heteroatoms. The Kier molecular flexibility index (Phi) is 4.29. The Balaban J connectivity index is 0.000000704. The number of fused-ring (bicyclic) bond motifs is 1. The van der Waals surface area contributed by atoms with Crippen LogP contribution in [0, 0.1) is 6.92 Å². The highest BCUT2D eigenvalue weighted by Crippen LogP contribution is 2.33. The Morgan fingerprint density at radius 1 is 1.25 bits per heavy atom. The van der Waals surface area contributed by atoms with Crippen LogP contribution in [0.1, 0.15) is 33.4 Å². The number of nitrogens with zero attached hydrogens (tertiary/aromatic N) is 1. The molecule has 1 saturated heterocycles. The predicted octanol–water partition coefficient (Wildman–Crippen LogP) is 4.13. The fraction of sp³-hybridized carbons (Fsp3) is 0.471. The van der Waals surface area contributed by atoms with Gasteiger partial charge in [0, 0.05) is 17.1 Å². The van der Waals surface area contributed by atoms with Crippen LogP contribution in [0.15, 0.2) is 30.3 Å². The topological polar surface area (TPSA) is 34.6 Å². The Hall–Kier alpha value is -1.61. The molecule has 0 amide bonds. The second-order valence-electron chi connectivity index (χ2n) is 5.31. The standard InChI is InChI=1S/C15H17NO2.C2H6/c1-10-8-13(18-15(2,3)14-9-17-14)11-6-4-5-7-12(11)16-10;1-2/h4-8,14H,9H2,1-3H3;1-2H3. The summed E-state index contributed by atoms with van der Waals surface area (Å²) >= 11 is 0. The van der Waals surface area contributed by atoms with Crippen LogP contribution in [0.3, 0.4) is 0 Å². The number of para-hydroxylation sites is 1. The number of pyridine rings is 1. The maximum atomic E-state index is 6.15. The molecule has 1 atom stereocenters. The van der Waals surface area contributed by atoms with E-state index in [0.29, 0.717) is 0 Å². The van der Waals surface area contributed by atoms with Crippen molar-refractivity contribution in [2.45, 2.75) is 46.3 Å². The number of hydrogen-bond donors (Lipinski definition) is 0. The van der Waals surface area contributed by atoms with Gasteiger partial charge < -0.3 is 9.47 Å². The van der Waals surface area contributed by atoms with Crippen LogP contribution < -0.4 is 4.74 Å². The van der Waals surface area contributed by atoms with Gasteiger partial charge >= 0.3 is 0 Å². The minimum Gasteiger partial charge on any atom is -0.484 e. The van der Waals surface area contributed by atoms with Gasteiger partial charge in [-0.25, -0.2) is 0 Å². The van der Waals surface area contributed by atoms with Gasteiger partial charge in [-0.3, -0.25) is 4.98 Å². The van der Waals surface area contributed by atoms with Gasteiger partial charge in [0.05, 0.1) is 12.1 Å². The minimum absolute atomic E-state index is 0.199. The average Bonchev–Trinajstić information content (AvgIpc) is 3.25. The van der Waals surface area contributed by atoms with Crippen molar-refractivity contribution in [3.63, 3.8) is 0 Å². The van der Waals surface area contributed by atoms with Gasteiger partial charge in [0.25, 0.3) is 0 Å². The minimum atomic E-state index is -0.295. The third-order valence-corrected chi connectivity index (χ3v) is 3.29. The van der Waals surface area contributed by atoms with Gasteiger partial charge in [-0.1, -0.05) is 26.0 Å². The highest BCUT2D eigenvalue weighted by Gasteiger charge is 2.41. The van der Waals surface area contributed by atoms with Crippen LogP contribution in [0.4, 0.5) is 0 Å². The molecule has 0 N–H and O–H groups in total. The van der Waals surface area contributed by atoms with Crippen LogP contribution in [0.2, 0.25) is 0 Å². The van der Waals surface area contributed by atoms with Gasteiger partial charge in [0.1, 0.15) is 17.5 Å². The molecule has 108 valence electrons. The van der Waals surface area contributed by atoms with Crippen molar-refractivity contribution in [3.05, 3.63) is 36.0 Å². The predicted molar refractivity (Wildman–Crippen MR) is 82.3 cm³/mol. The molecule has 1 aromatic carbocycles. The Morgan fingerprint density at radius 3 is 2.55 bits per heavy atom. The van der Waals surface area contributed by atoms with Crippen LogP contribution in [0.5, 0.6) is 5.75 Å². The summed E-state index contributed by atoms with van der Waals surface area (Å²) in [7, 11) is 0. The number of rotatable bonds is 3. The van der Waals surface area contributed by atoms with Crippen molar-refractivity contribution in [2.24, 2.45) is 0 Å². The normalized spacial score (nSPS) is 17.4. The summed E-state index contributed by atoms with van der Waals surface area (Å²) in [5.41, 5.74) is 1.65. The van der Waals surface area contributed by atoms with Crippen LogP contribution in [0.25, 0.3) is 10.9 Å². The lowest BCUT2D eigenvalue weighted by Gasteiger charge is -2.25. The van der Waals surface area contributed by atoms with E-state index in [1.54, 1.807) is 0 Å². The number of hydrogen-bond acceptors (Lipinski definition) is 3. The molecule has 0 radical (unpaired) electrons. The first-order chi connectivity index (χ1) is 9.56. The quantitative estimate of drug-likeness (QED) is 0.789. The number of benzene rings is 1. The molecule has 1 aliphatic heterocycles. The second kappa shape index (κ2) is 5.80. The van der Waals surface area contributed by atoms with E-state index in [1.807, 2.05) is 51.1 Å². The molecule has 3 rings (SSSR count). The number of aromatic nitrogens is 1. The van der Waals surface area contributed by atoms with Crippen molar-refractivity contribution >= 4 is 10.9 Å². The van der Waals surface area contributed by atoms with E-state index in [1.165, 1.54) is 0 Å². The van der Waals surface area contributed by atoms with Crippen molar-refractivity contribution in [1.82, 2.24) is 4.98 Å². The fourth-order valence-electron chi connectivity index (χ4n) is 2.15. The lowest BCUT2D eigenvalue weighted by atomic mass is 10.1. The summed E-state index contributed by atoms with van der Waals surface area (Å²) in [6.07, 6.45) is 0.199. The van der Waals surface area contributed by atoms with E-state index in [-0.39, 0.29) is 11.7 Å². The summed E-state index contributed by atoms with van der Waals surface area (Å²) in [5, 5.41) is 1.05. The van der Waals surface area contributed by atoms with Gasteiger partial charge in [-0.15, -0.1) is 0 Å². The molecule has 0 bridgehead atoms. The third-order valence-electron chi connectivity index (χ3n) is 3.29. The fourth-order valence-corrected chi connectivity index (χ4v) is 2.15. The molecule has 20 heavy (non-hydrogen) atoms. The average molecular weight is 273 g/mol. The first kappa shape index (κ1) is 14.8. The number of aryl methyl sites for hydroxylation is 1. The molecular formula is C17H23NO2. The molecule has 0 aliphatic carbocycles. The van der Waals surface area contributed by atoms with E-state index >= 15 is 0 Å². The Bertz CT molecular complexity index is 589. The molecule has 2 aromatic rings. The second-order valence-corrected chi connectivity index (χ2v) is 5.31. The van der Waals surface area contributed by atoms with Gasteiger partial charge in [-0.05, 0) is 32.9 Å². The van der Waals surface area contributed by atoms with Crippen molar-refractivity contribution in [1.29, 1.82) is 0 Å². The molecule has 1 aromatic heterocycles. The zero-order chi connectivity index (χ0) is 14.8. The Labute approximate surface area is 120 Å². The van der Waals surface area contributed by atoms with Gasteiger partial charge in [-0.2, -0.15) is 0 Å².